The van der Waals surface area contributed by atoms with Gasteiger partial charge in [-0.15, -0.1) is 11.3 Å². The van der Waals surface area contributed by atoms with Gasteiger partial charge in [-0.2, -0.15) is 0 Å². The Morgan fingerprint density at radius 2 is 2.21 bits per heavy atom. The highest BCUT2D eigenvalue weighted by molar-refractivity contribution is 7.14. The van der Waals surface area contributed by atoms with Gasteiger partial charge in [0.25, 0.3) is 5.91 Å². The number of hydrogen-bond donors (Lipinski definition) is 2. The number of rotatable bonds is 5. The Bertz CT molecular complexity index is 404. The zero-order valence-electron chi connectivity index (χ0n) is 11.7. The molecule has 1 unspecified atom stereocenters. The van der Waals surface area contributed by atoms with Crippen LogP contribution in [-0.2, 0) is 12.8 Å². The molecule has 19 heavy (non-hydrogen) atoms. The van der Waals surface area contributed by atoms with E-state index in [-0.39, 0.29) is 11.9 Å². The molecule has 0 aliphatic heterocycles. The van der Waals surface area contributed by atoms with Crippen LogP contribution in [0.4, 0.5) is 0 Å². The van der Waals surface area contributed by atoms with Gasteiger partial charge in [-0.1, -0.05) is 19.8 Å². The molecule has 0 bridgehead atoms. The topological polar surface area (TPSA) is 55.1 Å². The number of aryl methyl sites for hydroxylation is 2. The van der Waals surface area contributed by atoms with Crippen molar-refractivity contribution in [2.24, 2.45) is 5.73 Å². The van der Waals surface area contributed by atoms with Crippen molar-refractivity contribution in [3.63, 3.8) is 0 Å². The van der Waals surface area contributed by atoms with Crippen molar-refractivity contribution >= 4 is 17.2 Å². The van der Waals surface area contributed by atoms with Crippen molar-refractivity contribution in [3.8, 4) is 0 Å². The van der Waals surface area contributed by atoms with Crippen LogP contribution in [-0.4, -0.2) is 18.5 Å². The summed E-state index contributed by atoms with van der Waals surface area (Å²) in [5, 5.41) is 3.06. The molecule has 1 heterocycles. The molecule has 0 saturated carbocycles. The fraction of sp³-hybridized carbons (Fsp3) is 0.667. The van der Waals surface area contributed by atoms with Crippen LogP contribution in [0.25, 0.3) is 0 Å². The minimum Gasteiger partial charge on any atom is -0.347 e. The molecule has 3 nitrogen and oxygen atoms in total. The van der Waals surface area contributed by atoms with Crippen molar-refractivity contribution in [1.29, 1.82) is 0 Å². The lowest BCUT2D eigenvalue weighted by Gasteiger charge is -2.14. The lowest BCUT2D eigenvalue weighted by molar-refractivity contribution is 0.0940. The first kappa shape index (κ1) is 14.5. The average Bonchev–Trinajstić information content (AvgIpc) is 2.69. The average molecular weight is 280 g/mol. The number of fused-ring (bicyclic) bond motifs is 1. The molecule has 0 radical (unpaired) electrons. The molecule has 1 aromatic heterocycles. The van der Waals surface area contributed by atoms with E-state index >= 15 is 0 Å². The smallest absolute Gasteiger partial charge is 0.261 e. The zero-order valence-corrected chi connectivity index (χ0v) is 12.5. The van der Waals surface area contributed by atoms with E-state index in [4.69, 9.17) is 5.73 Å². The molecule has 0 spiro atoms. The van der Waals surface area contributed by atoms with Gasteiger partial charge >= 0.3 is 0 Å². The van der Waals surface area contributed by atoms with Crippen LogP contribution < -0.4 is 11.1 Å². The van der Waals surface area contributed by atoms with E-state index in [0.29, 0.717) is 6.54 Å². The lowest BCUT2D eigenvalue weighted by Crippen LogP contribution is -2.39. The van der Waals surface area contributed by atoms with Crippen molar-refractivity contribution < 1.29 is 4.79 Å². The molecule has 1 amide bonds. The number of amides is 1. The maximum Gasteiger partial charge on any atom is 0.261 e. The highest BCUT2D eigenvalue weighted by atomic mass is 32.1. The summed E-state index contributed by atoms with van der Waals surface area (Å²) < 4.78 is 0. The van der Waals surface area contributed by atoms with Gasteiger partial charge in [-0.3, -0.25) is 4.79 Å². The van der Waals surface area contributed by atoms with E-state index in [1.54, 1.807) is 11.3 Å². The van der Waals surface area contributed by atoms with E-state index in [0.717, 1.165) is 30.6 Å². The highest BCUT2D eigenvalue weighted by Crippen LogP contribution is 2.28. The summed E-state index contributed by atoms with van der Waals surface area (Å²) >= 11 is 1.67. The predicted octanol–water partition coefficient (Wildman–Crippen LogP) is 2.87. The Morgan fingerprint density at radius 3 is 2.95 bits per heavy atom. The zero-order chi connectivity index (χ0) is 13.7. The molecule has 0 aromatic carbocycles. The van der Waals surface area contributed by atoms with Crippen molar-refractivity contribution in [2.75, 3.05) is 6.54 Å². The molecule has 0 fully saturated rings. The fourth-order valence-electron chi connectivity index (χ4n) is 2.63. The van der Waals surface area contributed by atoms with Crippen LogP contribution in [0.15, 0.2) is 6.07 Å². The van der Waals surface area contributed by atoms with Crippen LogP contribution in [0, 0.1) is 0 Å². The van der Waals surface area contributed by atoms with Gasteiger partial charge in [0.1, 0.15) is 0 Å². The number of carbonyl (C=O) groups excluding carboxylic acids is 1. The summed E-state index contributed by atoms with van der Waals surface area (Å²) in [6.45, 7) is 2.63. The molecule has 1 atom stereocenters. The Labute approximate surface area is 119 Å². The first-order chi connectivity index (χ1) is 9.24. The summed E-state index contributed by atoms with van der Waals surface area (Å²) in [6, 6.07) is 2.21. The van der Waals surface area contributed by atoms with Gasteiger partial charge in [0.15, 0.2) is 0 Å². The maximum absolute atomic E-state index is 12.2. The second-order valence-corrected chi connectivity index (χ2v) is 6.45. The number of nitrogens with one attached hydrogen (secondary N) is 1. The third kappa shape index (κ3) is 3.80. The number of carbonyl (C=O) groups is 1. The summed E-state index contributed by atoms with van der Waals surface area (Å²) in [7, 11) is 0. The highest BCUT2D eigenvalue weighted by Gasteiger charge is 2.18. The fourth-order valence-corrected chi connectivity index (χ4v) is 3.79. The second-order valence-electron chi connectivity index (χ2n) is 5.31. The third-order valence-electron chi connectivity index (χ3n) is 3.73. The minimum absolute atomic E-state index is 0.0574. The largest absolute Gasteiger partial charge is 0.347 e. The van der Waals surface area contributed by atoms with Crippen molar-refractivity contribution in [1.82, 2.24) is 5.32 Å². The van der Waals surface area contributed by atoms with Crippen LogP contribution in [0.5, 0.6) is 0 Å². The normalized spacial score (nSPS) is 16.5. The van der Waals surface area contributed by atoms with Gasteiger partial charge in [0.2, 0.25) is 0 Å². The Kier molecular flexibility index (Phi) is 5.40. The van der Waals surface area contributed by atoms with E-state index in [9.17, 15) is 4.79 Å². The van der Waals surface area contributed by atoms with Gasteiger partial charge in [0, 0.05) is 17.5 Å². The van der Waals surface area contributed by atoms with Crippen LogP contribution in [0.3, 0.4) is 0 Å². The molecule has 1 aliphatic carbocycles. The number of thiophene rings is 1. The number of nitrogens with two attached hydrogens (primary N) is 1. The molecule has 1 aliphatic rings. The first-order valence-electron chi connectivity index (χ1n) is 7.37. The lowest BCUT2D eigenvalue weighted by atomic mass is 10.1. The first-order valence-corrected chi connectivity index (χ1v) is 8.18. The Morgan fingerprint density at radius 1 is 1.42 bits per heavy atom. The summed E-state index contributed by atoms with van der Waals surface area (Å²) in [5.41, 5.74) is 7.09. The molecule has 106 valence electrons. The van der Waals surface area contributed by atoms with Crippen LogP contribution in [0.2, 0.25) is 0 Å². The summed E-state index contributed by atoms with van der Waals surface area (Å²) in [6.07, 6.45) is 8.10. The van der Waals surface area contributed by atoms with Gasteiger partial charge in [0.05, 0.1) is 4.88 Å². The van der Waals surface area contributed by atoms with E-state index in [1.807, 2.05) is 0 Å². The molecule has 0 saturated heterocycles. The second kappa shape index (κ2) is 7.06. The number of hydrogen-bond acceptors (Lipinski definition) is 3. The third-order valence-corrected chi connectivity index (χ3v) is 4.96. The Balaban J connectivity index is 2.03. The van der Waals surface area contributed by atoms with Gasteiger partial charge in [-0.05, 0) is 43.7 Å². The van der Waals surface area contributed by atoms with Gasteiger partial charge in [-0.25, -0.2) is 0 Å². The summed E-state index contributed by atoms with van der Waals surface area (Å²) in [5.74, 6) is 0.0574. The van der Waals surface area contributed by atoms with E-state index in [1.165, 1.54) is 29.7 Å². The quantitative estimate of drug-likeness (QED) is 0.815. The minimum atomic E-state index is 0.0574. The molecular formula is C15H24N2OS. The maximum atomic E-state index is 12.2. The molecular weight excluding hydrogens is 256 g/mol. The molecule has 1 aromatic rings. The monoisotopic (exact) mass is 280 g/mol. The van der Waals surface area contributed by atoms with E-state index < -0.39 is 0 Å². The van der Waals surface area contributed by atoms with Gasteiger partial charge < -0.3 is 11.1 Å². The van der Waals surface area contributed by atoms with E-state index in [2.05, 4.69) is 18.3 Å². The molecule has 3 N–H and O–H groups in total. The summed E-state index contributed by atoms with van der Waals surface area (Å²) in [4.78, 5) is 14.5. The SMILES string of the molecule is CCCC(CN)NC(=O)c1cc2c(s1)CCCCC2. The van der Waals surface area contributed by atoms with Crippen molar-refractivity contribution in [2.45, 2.75) is 57.9 Å². The Hall–Kier alpha value is -0.870. The van der Waals surface area contributed by atoms with Crippen molar-refractivity contribution in [3.05, 3.63) is 21.4 Å². The van der Waals surface area contributed by atoms with Crippen LogP contribution >= 0.6 is 11.3 Å². The molecule has 4 heteroatoms. The van der Waals surface area contributed by atoms with Crippen LogP contribution in [0.1, 0.15) is 59.1 Å². The predicted molar refractivity (Wildman–Crippen MR) is 80.8 cm³/mol. The molecule has 2 rings (SSSR count). The standard InChI is InChI=1S/C15H24N2OS/c1-2-6-12(10-16)17-15(18)14-9-11-7-4-3-5-8-13(11)19-14/h9,12H,2-8,10,16H2,1H3,(H,17,18).